The number of carbonyl (C=O) groups is 1. The Morgan fingerprint density at radius 3 is 2.89 bits per heavy atom. The van der Waals surface area contributed by atoms with Crippen LogP contribution in [0.1, 0.15) is 13.0 Å². The number of nitrogens with zero attached hydrogens (tertiary/aromatic N) is 3. The molecule has 1 fully saturated rings. The van der Waals surface area contributed by atoms with Crippen molar-refractivity contribution in [3.05, 3.63) is 46.5 Å². The van der Waals surface area contributed by atoms with Gasteiger partial charge >= 0.3 is 0 Å². The molecule has 2 N–H and O–H groups in total. The Balaban J connectivity index is 1.53. The van der Waals surface area contributed by atoms with Crippen LogP contribution in [-0.2, 0) is 9.53 Å². The summed E-state index contributed by atoms with van der Waals surface area (Å²) in [6.07, 6.45) is 0. The van der Waals surface area contributed by atoms with Crippen molar-refractivity contribution in [1.82, 2.24) is 14.8 Å². The lowest BCUT2D eigenvalue weighted by atomic mass is 10.2. The number of anilines is 2. The summed E-state index contributed by atoms with van der Waals surface area (Å²) in [6.45, 7) is 4.96. The van der Waals surface area contributed by atoms with E-state index in [2.05, 4.69) is 20.4 Å². The van der Waals surface area contributed by atoms with Crippen molar-refractivity contribution in [3.63, 3.8) is 0 Å². The summed E-state index contributed by atoms with van der Waals surface area (Å²) in [5, 5.41) is 12.1. The van der Waals surface area contributed by atoms with E-state index >= 15 is 0 Å². The number of H-pyrrole nitrogens is 1. The highest BCUT2D eigenvalue weighted by Gasteiger charge is 2.22. The molecule has 7 nitrogen and oxygen atoms in total. The molecule has 9 heteroatoms. The smallest absolute Gasteiger partial charge is 0.247 e. The Labute approximate surface area is 172 Å². The molecule has 3 aromatic rings. The van der Waals surface area contributed by atoms with Crippen LogP contribution in [-0.4, -0.2) is 47.0 Å². The Hall–Kier alpha value is -2.49. The lowest BCUT2D eigenvalue weighted by Crippen LogP contribution is -2.36. The van der Waals surface area contributed by atoms with E-state index in [0.29, 0.717) is 10.6 Å². The standard InChI is InChI=1S/C19H21N5O2S2/c1-13(24-17(21-22-19(24)27)16-6-3-11-28-16)18(25)20-14-4-2-5-15(12-14)23-7-9-26-10-8-23/h2-6,11-13H,7-10H2,1H3,(H,20,25)(H,22,27). The van der Waals surface area contributed by atoms with Gasteiger partial charge in [-0.15, -0.1) is 11.3 Å². The summed E-state index contributed by atoms with van der Waals surface area (Å²) in [6, 6.07) is 11.3. The molecule has 1 unspecified atom stereocenters. The van der Waals surface area contributed by atoms with Gasteiger partial charge in [-0.05, 0) is 48.8 Å². The average molecular weight is 416 g/mol. The molecule has 0 saturated carbocycles. The van der Waals surface area contributed by atoms with Gasteiger partial charge in [0.2, 0.25) is 5.91 Å². The van der Waals surface area contributed by atoms with Crippen LogP contribution in [0.15, 0.2) is 41.8 Å². The number of carbonyl (C=O) groups excluding carboxylic acids is 1. The molecule has 0 bridgehead atoms. The first kappa shape index (κ1) is 18.9. The number of benzene rings is 1. The second-order valence-electron chi connectivity index (χ2n) is 6.51. The van der Waals surface area contributed by atoms with Crippen molar-refractivity contribution in [2.75, 3.05) is 36.5 Å². The van der Waals surface area contributed by atoms with E-state index in [-0.39, 0.29) is 5.91 Å². The fourth-order valence-corrected chi connectivity index (χ4v) is 4.21. The summed E-state index contributed by atoms with van der Waals surface area (Å²) in [5.74, 6) is 0.527. The number of nitrogens with one attached hydrogen (secondary N) is 2. The van der Waals surface area contributed by atoms with Crippen molar-refractivity contribution in [2.24, 2.45) is 0 Å². The highest BCUT2D eigenvalue weighted by atomic mass is 32.1. The van der Waals surface area contributed by atoms with Crippen molar-refractivity contribution in [1.29, 1.82) is 0 Å². The van der Waals surface area contributed by atoms with E-state index in [0.717, 1.165) is 42.6 Å². The third kappa shape index (κ3) is 3.87. The summed E-state index contributed by atoms with van der Waals surface area (Å²) >= 11 is 6.92. The number of morpholine rings is 1. The van der Waals surface area contributed by atoms with Crippen molar-refractivity contribution >= 4 is 40.8 Å². The summed E-state index contributed by atoms with van der Waals surface area (Å²) < 4.78 is 7.59. The van der Waals surface area contributed by atoms with Crippen LogP contribution < -0.4 is 10.2 Å². The normalized spacial score (nSPS) is 15.4. The van der Waals surface area contributed by atoms with Gasteiger partial charge in [-0.25, -0.2) is 0 Å². The van der Waals surface area contributed by atoms with Gasteiger partial charge in [0.05, 0.1) is 18.1 Å². The van der Waals surface area contributed by atoms with Gasteiger partial charge in [0.1, 0.15) is 6.04 Å². The highest BCUT2D eigenvalue weighted by molar-refractivity contribution is 7.71. The molecule has 0 radical (unpaired) electrons. The van der Waals surface area contributed by atoms with E-state index in [9.17, 15) is 4.79 Å². The molecule has 3 heterocycles. The SMILES string of the molecule is CC(C(=O)Nc1cccc(N2CCOCC2)c1)n1c(-c2cccs2)n[nH]c1=S. The maximum Gasteiger partial charge on any atom is 0.247 e. The first-order valence-electron chi connectivity index (χ1n) is 9.08. The van der Waals surface area contributed by atoms with E-state index < -0.39 is 6.04 Å². The highest BCUT2D eigenvalue weighted by Crippen LogP contribution is 2.26. The van der Waals surface area contributed by atoms with E-state index in [1.807, 2.05) is 48.7 Å². The van der Waals surface area contributed by atoms with Crippen LogP contribution >= 0.6 is 23.6 Å². The lowest BCUT2D eigenvalue weighted by Gasteiger charge is -2.29. The van der Waals surface area contributed by atoms with Gasteiger partial charge in [0, 0.05) is 24.5 Å². The Kier molecular flexibility index (Phi) is 5.56. The van der Waals surface area contributed by atoms with E-state index in [1.165, 1.54) is 0 Å². The lowest BCUT2D eigenvalue weighted by molar-refractivity contribution is -0.118. The van der Waals surface area contributed by atoms with Gasteiger partial charge in [-0.1, -0.05) is 12.1 Å². The predicted octanol–water partition coefficient (Wildman–Crippen LogP) is 3.71. The molecule has 0 aliphatic carbocycles. The largest absolute Gasteiger partial charge is 0.378 e. The zero-order chi connectivity index (χ0) is 19.5. The monoisotopic (exact) mass is 415 g/mol. The molecule has 1 aliphatic heterocycles. The minimum atomic E-state index is -0.504. The Morgan fingerprint density at radius 2 is 2.14 bits per heavy atom. The number of ether oxygens (including phenoxy) is 1. The van der Waals surface area contributed by atoms with Crippen molar-refractivity contribution < 1.29 is 9.53 Å². The number of aromatic amines is 1. The third-order valence-corrected chi connectivity index (χ3v) is 5.86. The molecule has 4 rings (SSSR count). The van der Waals surface area contributed by atoms with Crippen molar-refractivity contribution in [3.8, 4) is 10.7 Å². The van der Waals surface area contributed by atoms with Crippen LogP contribution in [0.2, 0.25) is 0 Å². The molecular formula is C19H21N5O2S2. The third-order valence-electron chi connectivity index (χ3n) is 4.70. The number of amides is 1. The average Bonchev–Trinajstić information content (AvgIpc) is 3.38. The molecule has 1 amide bonds. The minimum absolute atomic E-state index is 0.144. The van der Waals surface area contributed by atoms with Crippen molar-refractivity contribution in [2.45, 2.75) is 13.0 Å². The number of hydrogen-bond acceptors (Lipinski definition) is 6. The maximum atomic E-state index is 12.9. The fourth-order valence-electron chi connectivity index (χ4n) is 3.21. The molecule has 28 heavy (non-hydrogen) atoms. The second kappa shape index (κ2) is 8.26. The van der Waals surface area contributed by atoms with Crippen LogP contribution in [0.3, 0.4) is 0 Å². The number of thiophene rings is 1. The quantitative estimate of drug-likeness (QED) is 0.622. The van der Waals surface area contributed by atoms with Crippen LogP contribution in [0.25, 0.3) is 10.7 Å². The minimum Gasteiger partial charge on any atom is -0.378 e. The number of hydrogen-bond donors (Lipinski definition) is 2. The molecule has 0 spiro atoms. The summed E-state index contributed by atoms with van der Waals surface area (Å²) in [7, 11) is 0. The first-order chi connectivity index (χ1) is 13.6. The summed E-state index contributed by atoms with van der Waals surface area (Å²) in [5.41, 5.74) is 1.83. The Morgan fingerprint density at radius 1 is 1.32 bits per heavy atom. The number of aromatic nitrogens is 3. The first-order valence-corrected chi connectivity index (χ1v) is 10.4. The topological polar surface area (TPSA) is 75.2 Å². The molecule has 1 aromatic carbocycles. The van der Waals surface area contributed by atoms with Gasteiger partial charge in [0.15, 0.2) is 10.6 Å². The summed E-state index contributed by atoms with van der Waals surface area (Å²) in [4.78, 5) is 16.1. The zero-order valence-electron chi connectivity index (χ0n) is 15.4. The molecule has 1 saturated heterocycles. The van der Waals surface area contributed by atoms with Crippen LogP contribution in [0, 0.1) is 4.77 Å². The van der Waals surface area contributed by atoms with Gasteiger partial charge in [-0.2, -0.15) is 5.10 Å². The molecule has 2 aromatic heterocycles. The number of rotatable bonds is 5. The fraction of sp³-hybridized carbons (Fsp3) is 0.316. The van der Waals surface area contributed by atoms with Crippen LogP contribution in [0.5, 0.6) is 0 Å². The van der Waals surface area contributed by atoms with Crippen LogP contribution in [0.4, 0.5) is 11.4 Å². The molecule has 1 atom stereocenters. The van der Waals surface area contributed by atoms with Gasteiger partial charge in [-0.3, -0.25) is 14.5 Å². The molecular weight excluding hydrogens is 394 g/mol. The second-order valence-corrected chi connectivity index (χ2v) is 7.85. The molecule has 1 aliphatic rings. The maximum absolute atomic E-state index is 12.9. The van der Waals surface area contributed by atoms with Gasteiger partial charge in [0.25, 0.3) is 0 Å². The van der Waals surface area contributed by atoms with Gasteiger partial charge < -0.3 is 15.0 Å². The molecule has 146 valence electrons. The Bertz CT molecular complexity index is 1010. The van der Waals surface area contributed by atoms with E-state index in [1.54, 1.807) is 15.9 Å². The zero-order valence-corrected chi connectivity index (χ0v) is 17.1. The predicted molar refractivity (Wildman–Crippen MR) is 114 cm³/mol. The van der Waals surface area contributed by atoms with E-state index in [4.69, 9.17) is 17.0 Å².